The predicted molar refractivity (Wildman–Crippen MR) is 92.1 cm³/mol. The standard InChI is InChI=1S/C16H35N5/c1-4-5-6-9-18-16(17-2)19-10-7-8-11-21-14-12-20(3)13-15-21/h4-15H2,1-3H3,(H2,17,18,19). The highest BCUT2D eigenvalue weighted by atomic mass is 15.2. The van der Waals surface area contributed by atoms with Crippen molar-refractivity contribution in [2.75, 3.05) is 59.9 Å². The van der Waals surface area contributed by atoms with Gasteiger partial charge in [-0.1, -0.05) is 19.8 Å². The zero-order valence-electron chi connectivity index (χ0n) is 14.3. The van der Waals surface area contributed by atoms with Crippen molar-refractivity contribution in [3.8, 4) is 0 Å². The number of nitrogens with one attached hydrogen (secondary N) is 2. The Morgan fingerprint density at radius 1 is 0.952 bits per heavy atom. The van der Waals surface area contributed by atoms with Gasteiger partial charge in [0.15, 0.2) is 5.96 Å². The van der Waals surface area contributed by atoms with E-state index in [2.05, 4.69) is 39.4 Å². The molecule has 21 heavy (non-hydrogen) atoms. The SMILES string of the molecule is CCCCCNC(=NC)NCCCCN1CCN(C)CC1. The monoisotopic (exact) mass is 297 g/mol. The molecule has 0 radical (unpaired) electrons. The molecule has 124 valence electrons. The normalized spacial score (nSPS) is 18.0. The molecule has 0 atom stereocenters. The van der Waals surface area contributed by atoms with Crippen LogP contribution in [0.4, 0.5) is 0 Å². The van der Waals surface area contributed by atoms with E-state index in [1.807, 2.05) is 7.05 Å². The molecular formula is C16H35N5. The van der Waals surface area contributed by atoms with Gasteiger partial charge in [-0.25, -0.2) is 0 Å². The summed E-state index contributed by atoms with van der Waals surface area (Å²) in [7, 11) is 4.06. The molecule has 0 unspecified atom stereocenters. The van der Waals surface area contributed by atoms with E-state index in [9.17, 15) is 0 Å². The lowest BCUT2D eigenvalue weighted by Gasteiger charge is -2.32. The molecule has 5 nitrogen and oxygen atoms in total. The minimum Gasteiger partial charge on any atom is -0.356 e. The summed E-state index contributed by atoms with van der Waals surface area (Å²) in [6, 6.07) is 0. The van der Waals surface area contributed by atoms with Crippen LogP contribution < -0.4 is 10.6 Å². The first-order valence-corrected chi connectivity index (χ1v) is 8.61. The average molecular weight is 297 g/mol. The van der Waals surface area contributed by atoms with E-state index in [1.54, 1.807) is 0 Å². The van der Waals surface area contributed by atoms with Crippen molar-refractivity contribution in [2.24, 2.45) is 4.99 Å². The highest BCUT2D eigenvalue weighted by Crippen LogP contribution is 2.01. The van der Waals surface area contributed by atoms with E-state index in [0.717, 1.165) is 19.0 Å². The number of rotatable bonds is 9. The second-order valence-corrected chi connectivity index (χ2v) is 5.98. The Morgan fingerprint density at radius 3 is 2.14 bits per heavy atom. The van der Waals surface area contributed by atoms with E-state index in [1.165, 1.54) is 64.8 Å². The van der Waals surface area contributed by atoms with Crippen molar-refractivity contribution in [3.05, 3.63) is 0 Å². The van der Waals surface area contributed by atoms with Crippen LogP contribution in [0.25, 0.3) is 0 Å². The summed E-state index contributed by atoms with van der Waals surface area (Å²) in [5.41, 5.74) is 0. The maximum Gasteiger partial charge on any atom is 0.190 e. The van der Waals surface area contributed by atoms with Gasteiger partial charge in [0, 0.05) is 46.3 Å². The third kappa shape index (κ3) is 8.94. The molecule has 2 N–H and O–H groups in total. The first-order valence-electron chi connectivity index (χ1n) is 8.61. The van der Waals surface area contributed by atoms with E-state index in [-0.39, 0.29) is 0 Å². The molecule has 0 aromatic heterocycles. The summed E-state index contributed by atoms with van der Waals surface area (Å²) in [5.74, 6) is 0.950. The third-order valence-electron chi connectivity index (χ3n) is 4.09. The molecule has 1 fully saturated rings. The number of guanidine groups is 1. The summed E-state index contributed by atoms with van der Waals surface area (Å²) >= 11 is 0. The molecule has 5 heteroatoms. The molecule has 0 bridgehead atoms. The molecule has 0 aromatic carbocycles. The quantitative estimate of drug-likeness (QED) is 0.383. The Morgan fingerprint density at radius 2 is 1.57 bits per heavy atom. The Labute approximate surface area is 131 Å². The lowest BCUT2D eigenvalue weighted by molar-refractivity contribution is 0.152. The van der Waals surface area contributed by atoms with Gasteiger partial charge in [0.25, 0.3) is 0 Å². The fourth-order valence-corrected chi connectivity index (χ4v) is 2.54. The molecular weight excluding hydrogens is 262 g/mol. The lowest BCUT2D eigenvalue weighted by Crippen LogP contribution is -2.44. The van der Waals surface area contributed by atoms with Crippen molar-refractivity contribution in [3.63, 3.8) is 0 Å². The second kappa shape index (κ2) is 11.8. The molecule has 0 aliphatic carbocycles. The number of aliphatic imine (C=N–C) groups is 1. The van der Waals surface area contributed by atoms with Gasteiger partial charge < -0.3 is 20.4 Å². The van der Waals surface area contributed by atoms with E-state index < -0.39 is 0 Å². The largest absolute Gasteiger partial charge is 0.356 e. The van der Waals surface area contributed by atoms with Crippen LogP contribution >= 0.6 is 0 Å². The summed E-state index contributed by atoms with van der Waals surface area (Å²) in [6.45, 7) is 10.4. The Hall–Kier alpha value is -0.810. The first-order chi connectivity index (χ1) is 10.3. The third-order valence-corrected chi connectivity index (χ3v) is 4.09. The van der Waals surface area contributed by atoms with Gasteiger partial charge in [0.1, 0.15) is 0 Å². The van der Waals surface area contributed by atoms with Crippen LogP contribution in [0.3, 0.4) is 0 Å². The molecule has 0 spiro atoms. The first kappa shape index (κ1) is 18.2. The number of hydrogen-bond acceptors (Lipinski definition) is 3. The van der Waals surface area contributed by atoms with Gasteiger partial charge in [0.05, 0.1) is 0 Å². The molecule has 0 amide bonds. The number of hydrogen-bond donors (Lipinski definition) is 2. The topological polar surface area (TPSA) is 42.9 Å². The minimum atomic E-state index is 0.950. The molecule has 1 rings (SSSR count). The lowest BCUT2D eigenvalue weighted by atomic mass is 10.2. The zero-order valence-corrected chi connectivity index (χ0v) is 14.3. The maximum absolute atomic E-state index is 4.26. The predicted octanol–water partition coefficient (Wildman–Crippen LogP) is 1.37. The van der Waals surface area contributed by atoms with Gasteiger partial charge in [-0.05, 0) is 32.9 Å². The Balaban J connectivity index is 1.97. The highest BCUT2D eigenvalue weighted by molar-refractivity contribution is 5.79. The van der Waals surface area contributed by atoms with E-state index in [4.69, 9.17) is 0 Å². The van der Waals surface area contributed by atoms with Crippen LogP contribution in [0.1, 0.15) is 39.0 Å². The molecule has 1 saturated heterocycles. The van der Waals surface area contributed by atoms with Gasteiger partial charge in [-0.15, -0.1) is 0 Å². The fourth-order valence-electron chi connectivity index (χ4n) is 2.54. The summed E-state index contributed by atoms with van der Waals surface area (Å²) < 4.78 is 0. The minimum absolute atomic E-state index is 0.950. The van der Waals surface area contributed by atoms with Crippen LogP contribution in [0.5, 0.6) is 0 Å². The highest BCUT2D eigenvalue weighted by Gasteiger charge is 2.12. The summed E-state index contributed by atoms with van der Waals surface area (Å²) in [4.78, 5) is 9.25. The second-order valence-electron chi connectivity index (χ2n) is 5.98. The maximum atomic E-state index is 4.26. The Kier molecular flexibility index (Phi) is 10.3. The Bertz CT molecular complexity index is 272. The summed E-state index contributed by atoms with van der Waals surface area (Å²) in [5, 5.41) is 6.78. The number of nitrogens with zero attached hydrogens (tertiary/aromatic N) is 3. The smallest absolute Gasteiger partial charge is 0.190 e. The number of likely N-dealkylation sites (N-methyl/N-ethyl adjacent to an activating group) is 1. The molecule has 0 aromatic rings. The van der Waals surface area contributed by atoms with Gasteiger partial charge in [0.2, 0.25) is 0 Å². The average Bonchev–Trinajstić information content (AvgIpc) is 2.51. The van der Waals surface area contributed by atoms with Crippen molar-refractivity contribution in [1.82, 2.24) is 20.4 Å². The van der Waals surface area contributed by atoms with Gasteiger partial charge >= 0.3 is 0 Å². The number of piperazine rings is 1. The molecule has 0 saturated carbocycles. The van der Waals surface area contributed by atoms with Crippen LogP contribution in [0, 0.1) is 0 Å². The van der Waals surface area contributed by atoms with Crippen molar-refractivity contribution in [2.45, 2.75) is 39.0 Å². The van der Waals surface area contributed by atoms with Crippen molar-refractivity contribution < 1.29 is 0 Å². The molecule has 1 aliphatic heterocycles. The van der Waals surface area contributed by atoms with E-state index >= 15 is 0 Å². The fraction of sp³-hybridized carbons (Fsp3) is 0.938. The van der Waals surface area contributed by atoms with Crippen LogP contribution in [-0.2, 0) is 0 Å². The van der Waals surface area contributed by atoms with Crippen molar-refractivity contribution in [1.29, 1.82) is 0 Å². The van der Waals surface area contributed by atoms with Crippen LogP contribution in [-0.4, -0.2) is 75.7 Å². The zero-order chi connectivity index (χ0) is 15.3. The van der Waals surface area contributed by atoms with Crippen LogP contribution in [0.15, 0.2) is 4.99 Å². The van der Waals surface area contributed by atoms with Gasteiger partial charge in [-0.3, -0.25) is 4.99 Å². The molecule has 1 heterocycles. The van der Waals surface area contributed by atoms with E-state index in [0.29, 0.717) is 0 Å². The molecule has 1 aliphatic rings. The van der Waals surface area contributed by atoms with Crippen molar-refractivity contribution >= 4 is 5.96 Å². The van der Waals surface area contributed by atoms with Crippen LogP contribution in [0.2, 0.25) is 0 Å². The van der Waals surface area contributed by atoms with Gasteiger partial charge in [-0.2, -0.15) is 0 Å². The summed E-state index contributed by atoms with van der Waals surface area (Å²) in [6.07, 6.45) is 6.25. The number of unbranched alkanes of at least 4 members (excludes halogenated alkanes) is 3.